The number of benzene rings is 2. The van der Waals surface area contributed by atoms with Crippen molar-refractivity contribution in [1.82, 2.24) is 4.98 Å². The van der Waals surface area contributed by atoms with Crippen LogP contribution in [0.3, 0.4) is 0 Å². The van der Waals surface area contributed by atoms with Crippen LogP contribution in [0.25, 0.3) is 5.76 Å². The average Bonchev–Trinajstić information content (AvgIpc) is 3.05. The van der Waals surface area contributed by atoms with E-state index in [1.165, 1.54) is 11.1 Å². The molecular formula is C24H21N3O3. The van der Waals surface area contributed by atoms with Gasteiger partial charge in [-0.3, -0.25) is 19.5 Å². The Kier molecular flexibility index (Phi) is 5.06. The minimum absolute atomic E-state index is 0.0626. The van der Waals surface area contributed by atoms with Crippen molar-refractivity contribution in [3.8, 4) is 0 Å². The molecule has 6 nitrogen and oxygen atoms in total. The summed E-state index contributed by atoms with van der Waals surface area (Å²) >= 11 is 0. The second kappa shape index (κ2) is 7.83. The number of nitrogens with zero attached hydrogens (tertiary/aromatic N) is 3. The van der Waals surface area contributed by atoms with E-state index in [4.69, 9.17) is 0 Å². The highest BCUT2D eigenvalue weighted by atomic mass is 16.3. The van der Waals surface area contributed by atoms with Crippen molar-refractivity contribution in [2.45, 2.75) is 6.04 Å². The summed E-state index contributed by atoms with van der Waals surface area (Å²) in [5, 5.41) is 11.0. The van der Waals surface area contributed by atoms with Gasteiger partial charge in [-0.2, -0.15) is 0 Å². The molecule has 2 aromatic carbocycles. The van der Waals surface area contributed by atoms with E-state index in [9.17, 15) is 14.7 Å². The van der Waals surface area contributed by atoms with Crippen molar-refractivity contribution in [3.63, 3.8) is 0 Å². The van der Waals surface area contributed by atoms with Crippen LogP contribution in [-0.2, 0) is 9.59 Å². The van der Waals surface area contributed by atoms with Crippen molar-refractivity contribution in [1.29, 1.82) is 0 Å². The summed E-state index contributed by atoms with van der Waals surface area (Å²) in [7, 11) is 3.87. The van der Waals surface area contributed by atoms with Gasteiger partial charge in [0.1, 0.15) is 5.76 Å². The Bertz CT molecular complexity index is 1110. The Morgan fingerprint density at radius 3 is 2.27 bits per heavy atom. The Morgan fingerprint density at radius 2 is 1.67 bits per heavy atom. The third-order valence-electron chi connectivity index (χ3n) is 5.14. The Hall–Kier alpha value is -3.93. The fourth-order valence-corrected chi connectivity index (χ4v) is 3.62. The standard InChI is InChI=1S/C24H21N3O3/c1-26(2)18-12-10-16(11-13-18)21-20(22(28)17-7-4-3-5-8-17)23(29)24(30)27(21)19-9-6-14-25-15-19/h3-15,21,28H,1-2H3. The van der Waals surface area contributed by atoms with Crippen molar-refractivity contribution in [3.05, 3.63) is 95.8 Å². The Morgan fingerprint density at radius 1 is 0.967 bits per heavy atom. The largest absolute Gasteiger partial charge is 0.507 e. The molecule has 3 aromatic rings. The fraction of sp³-hybridized carbons (Fsp3) is 0.125. The number of hydrogen-bond acceptors (Lipinski definition) is 5. The van der Waals surface area contributed by atoms with Crippen LogP contribution in [0.2, 0.25) is 0 Å². The molecular weight excluding hydrogens is 378 g/mol. The second-order valence-electron chi connectivity index (χ2n) is 7.23. The maximum atomic E-state index is 13.0. The fourth-order valence-electron chi connectivity index (χ4n) is 3.62. The van der Waals surface area contributed by atoms with Gasteiger partial charge in [-0.25, -0.2) is 0 Å². The van der Waals surface area contributed by atoms with Crippen LogP contribution in [-0.4, -0.2) is 35.9 Å². The lowest BCUT2D eigenvalue weighted by molar-refractivity contribution is -0.132. The SMILES string of the molecule is CN(C)c1ccc(C2C(=C(O)c3ccccc3)C(=O)C(=O)N2c2cccnc2)cc1. The Balaban J connectivity index is 1.92. The number of aliphatic hydroxyl groups excluding tert-OH is 1. The van der Waals surface area contributed by atoms with Crippen LogP contribution in [0, 0.1) is 0 Å². The highest BCUT2D eigenvalue weighted by Crippen LogP contribution is 2.42. The average molecular weight is 399 g/mol. The summed E-state index contributed by atoms with van der Waals surface area (Å²) in [4.78, 5) is 33.5. The van der Waals surface area contributed by atoms with Gasteiger partial charge in [-0.05, 0) is 29.8 Å². The van der Waals surface area contributed by atoms with E-state index in [0.29, 0.717) is 11.3 Å². The van der Waals surface area contributed by atoms with Crippen LogP contribution in [0.15, 0.2) is 84.7 Å². The number of anilines is 2. The first-order valence-corrected chi connectivity index (χ1v) is 9.53. The smallest absolute Gasteiger partial charge is 0.300 e. The number of pyridine rings is 1. The number of amides is 1. The van der Waals surface area contributed by atoms with Gasteiger partial charge in [0.2, 0.25) is 0 Å². The van der Waals surface area contributed by atoms with E-state index in [-0.39, 0.29) is 11.3 Å². The molecule has 1 aliphatic heterocycles. The third kappa shape index (κ3) is 3.33. The van der Waals surface area contributed by atoms with Gasteiger partial charge in [0, 0.05) is 31.5 Å². The lowest BCUT2D eigenvalue weighted by atomic mass is 9.95. The van der Waals surface area contributed by atoms with Gasteiger partial charge in [-0.1, -0.05) is 42.5 Å². The summed E-state index contributed by atoms with van der Waals surface area (Å²) in [6.07, 6.45) is 3.14. The third-order valence-corrected chi connectivity index (χ3v) is 5.14. The predicted octanol–water partition coefficient (Wildman–Crippen LogP) is 3.77. The topological polar surface area (TPSA) is 73.7 Å². The number of Topliss-reactive ketones (excluding diaryl/α,β-unsaturated/α-hetero) is 1. The number of aliphatic hydroxyl groups is 1. The molecule has 0 radical (unpaired) electrons. The summed E-state index contributed by atoms with van der Waals surface area (Å²) in [6, 6.07) is 19.0. The van der Waals surface area contributed by atoms with Gasteiger partial charge >= 0.3 is 0 Å². The minimum atomic E-state index is -0.759. The molecule has 1 atom stereocenters. The highest BCUT2D eigenvalue weighted by Gasteiger charge is 2.47. The number of aromatic nitrogens is 1. The maximum Gasteiger partial charge on any atom is 0.300 e. The molecule has 150 valence electrons. The molecule has 1 fully saturated rings. The first kappa shape index (κ1) is 19.4. The van der Waals surface area contributed by atoms with E-state index >= 15 is 0 Å². The van der Waals surface area contributed by atoms with E-state index in [2.05, 4.69) is 4.98 Å². The van der Waals surface area contributed by atoms with E-state index < -0.39 is 17.7 Å². The molecule has 1 unspecified atom stereocenters. The van der Waals surface area contributed by atoms with Crippen LogP contribution < -0.4 is 9.80 Å². The first-order chi connectivity index (χ1) is 14.5. The second-order valence-corrected chi connectivity index (χ2v) is 7.23. The summed E-state index contributed by atoms with van der Waals surface area (Å²) < 4.78 is 0. The molecule has 30 heavy (non-hydrogen) atoms. The zero-order chi connectivity index (χ0) is 21.3. The first-order valence-electron chi connectivity index (χ1n) is 9.53. The molecule has 0 spiro atoms. The van der Waals surface area contributed by atoms with Crippen molar-refractivity contribution in [2.75, 3.05) is 23.9 Å². The molecule has 1 amide bonds. The number of rotatable bonds is 4. The molecule has 2 heterocycles. The van der Waals surface area contributed by atoms with Gasteiger partial charge in [0.15, 0.2) is 0 Å². The minimum Gasteiger partial charge on any atom is -0.507 e. The van der Waals surface area contributed by atoms with Crippen molar-refractivity contribution < 1.29 is 14.7 Å². The number of carbonyl (C=O) groups excluding carboxylic acids is 2. The van der Waals surface area contributed by atoms with Crippen LogP contribution >= 0.6 is 0 Å². The van der Waals surface area contributed by atoms with E-state index in [1.54, 1.807) is 42.6 Å². The van der Waals surface area contributed by atoms with Gasteiger partial charge in [-0.15, -0.1) is 0 Å². The molecule has 0 bridgehead atoms. The summed E-state index contributed by atoms with van der Waals surface area (Å²) in [5.41, 5.74) is 2.75. The molecule has 1 saturated heterocycles. The summed E-state index contributed by atoms with van der Waals surface area (Å²) in [6.45, 7) is 0. The lowest BCUT2D eigenvalue weighted by Gasteiger charge is -2.25. The van der Waals surface area contributed by atoms with Gasteiger partial charge in [0.05, 0.1) is 23.5 Å². The lowest BCUT2D eigenvalue weighted by Crippen LogP contribution is -2.29. The number of hydrogen-bond donors (Lipinski definition) is 1. The van der Waals surface area contributed by atoms with Crippen molar-refractivity contribution in [2.24, 2.45) is 0 Å². The molecule has 4 rings (SSSR count). The zero-order valence-corrected chi connectivity index (χ0v) is 16.7. The van der Waals surface area contributed by atoms with Crippen molar-refractivity contribution >= 4 is 28.8 Å². The molecule has 1 aliphatic rings. The van der Waals surface area contributed by atoms with E-state index in [1.807, 2.05) is 49.3 Å². The number of carbonyl (C=O) groups is 2. The zero-order valence-electron chi connectivity index (χ0n) is 16.7. The Labute approximate surface area is 174 Å². The molecule has 0 aliphatic carbocycles. The van der Waals surface area contributed by atoms with Gasteiger partial charge in [0.25, 0.3) is 11.7 Å². The highest BCUT2D eigenvalue weighted by molar-refractivity contribution is 6.51. The van der Waals surface area contributed by atoms with Crippen LogP contribution in [0.5, 0.6) is 0 Å². The molecule has 0 saturated carbocycles. The molecule has 1 aromatic heterocycles. The monoisotopic (exact) mass is 399 g/mol. The van der Waals surface area contributed by atoms with Crippen LogP contribution in [0.1, 0.15) is 17.2 Å². The normalized spacial score (nSPS) is 17.9. The molecule has 1 N–H and O–H groups in total. The quantitative estimate of drug-likeness (QED) is 0.411. The van der Waals surface area contributed by atoms with E-state index in [0.717, 1.165) is 11.3 Å². The maximum absolute atomic E-state index is 13.0. The predicted molar refractivity (Wildman–Crippen MR) is 116 cm³/mol. The summed E-state index contributed by atoms with van der Waals surface area (Å²) in [5.74, 6) is -1.61. The van der Waals surface area contributed by atoms with Gasteiger partial charge < -0.3 is 10.0 Å². The number of ketones is 1. The van der Waals surface area contributed by atoms with Crippen LogP contribution in [0.4, 0.5) is 11.4 Å². The molecule has 6 heteroatoms.